The van der Waals surface area contributed by atoms with E-state index in [1.807, 2.05) is 49.4 Å². The van der Waals surface area contributed by atoms with Crippen LogP contribution in [-0.4, -0.2) is 12.9 Å². The molecule has 0 aromatic heterocycles. The first-order chi connectivity index (χ1) is 9.10. The second-order valence-corrected chi connectivity index (χ2v) is 5.34. The molecule has 0 atom stereocenters. The molecule has 2 aromatic rings. The second kappa shape index (κ2) is 6.02. The molecular weight excluding hydrogens is 304 g/mol. The lowest BCUT2D eigenvalue weighted by Gasteiger charge is -2.08. The van der Waals surface area contributed by atoms with E-state index in [0.29, 0.717) is 6.42 Å². The Kier molecular flexibility index (Phi) is 4.38. The van der Waals surface area contributed by atoms with Gasteiger partial charge in [0, 0.05) is 22.0 Å². The van der Waals surface area contributed by atoms with E-state index < -0.39 is 0 Å². The number of hydrogen-bond acceptors (Lipinski definition) is 2. The zero-order valence-corrected chi connectivity index (χ0v) is 12.5. The van der Waals surface area contributed by atoms with Crippen LogP contribution in [-0.2, 0) is 6.42 Å². The predicted molar refractivity (Wildman–Crippen MR) is 79.9 cm³/mol. The van der Waals surface area contributed by atoms with Crippen LogP contribution in [0.25, 0.3) is 0 Å². The van der Waals surface area contributed by atoms with Crippen LogP contribution in [0.3, 0.4) is 0 Å². The first kappa shape index (κ1) is 13.8. The van der Waals surface area contributed by atoms with E-state index in [4.69, 9.17) is 4.74 Å². The van der Waals surface area contributed by atoms with E-state index in [0.717, 1.165) is 26.9 Å². The third-order valence-corrected chi connectivity index (χ3v) is 3.43. The van der Waals surface area contributed by atoms with Crippen LogP contribution >= 0.6 is 15.9 Å². The maximum absolute atomic E-state index is 12.3. The quantitative estimate of drug-likeness (QED) is 0.790. The van der Waals surface area contributed by atoms with Crippen molar-refractivity contribution < 1.29 is 9.53 Å². The summed E-state index contributed by atoms with van der Waals surface area (Å²) >= 11 is 3.42. The Balaban J connectivity index is 2.26. The highest BCUT2D eigenvalue weighted by Gasteiger charge is 2.11. The summed E-state index contributed by atoms with van der Waals surface area (Å²) in [6.07, 6.45) is 0.339. The molecule has 2 nitrogen and oxygen atoms in total. The zero-order valence-electron chi connectivity index (χ0n) is 10.9. The molecule has 0 bridgehead atoms. The van der Waals surface area contributed by atoms with Gasteiger partial charge in [0.05, 0.1) is 7.11 Å². The molecule has 19 heavy (non-hydrogen) atoms. The summed E-state index contributed by atoms with van der Waals surface area (Å²) in [7, 11) is 1.61. The van der Waals surface area contributed by atoms with Gasteiger partial charge in [0.25, 0.3) is 0 Å². The molecule has 2 rings (SSSR count). The molecule has 0 aliphatic rings. The number of ketones is 1. The lowest BCUT2D eigenvalue weighted by atomic mass is 10.0. The smallest absolute Gasteiger partial charge is 0.167 e. The summed E-state index contributed by atoms with van der Waals surface area (Å²) in [4.78, 5) is 12.3. The molecule has 0 saturated carbocycles. The molecule has 0 unspecified atom stereocenters. The number of carbonyl (C=O) groups is 1. The molecule has 0 amide bonds. The number of rotatable bonds is 4. The minimum absolute atomic E-state index is 0.0973. The number of hydrogen-bond donors (Lipinski definition) is 0. The van der Waals surface area contributed by atoms with Crippen molar-refractivity contribution in [3.8, 4) is 5.75 Å². The van der Waals surface area contributed by atoms with Gasteiger partial charge < -0.3 is 4.74 Å². The third kappa shape index (κ3) is 3.44. The summed E-state index contributed by atoms with van der Waals surface area (Å²) in [6.45, 7) is 1.98. The van der Waals surface area contributed by atoms with Crippen molar-refractivity contribution >= 4 is 21.7 Å². The van der Waals surface area contributed by atoms with Crippen LogP contribution in [0.15, 0.2) is 46.9 Å². The average Bonchev–Trinajstić information content (AvgIpc) is 2.39. The fourth-order valence-corrected chi connectivity index (χ4v) is 2.39. The molecule has 0 aliphatic heterocycles. The molecular formula is C16H15BrO2. The summed E-state index contributed by atoms with van der Waals surface area (Å²) in [6, 6.07) is 13.3. The molecule has 0 spiro atoms. The standard InChI is InChI=1S/C16H15BrO2/c1-11-4-3-5-12(8-11)15(18)10-13-9-14(17)6-7-16(13)19-2/h3-9H,10H2,1-2H3. The summed E-state index contributed by atoms with van der Waals surface area (Å²) in [5, 5.41) is 0. The number of Topliss-reactive ketones (excluding diaryl/α,β-unsaturated/α-hetero) is 1. The molecule has 0 saturated heterocycles. The second-order valence-electron chi connectivity index (χ2n) is 4.43. The van der Waals surface area contributed by atoms with E-state index in [1.165, 1.54) is 0 Å². The monoisotopic (exact) mass is 318 g/mol. The number of ether oxygens (including phenoxy) is 1. The van der Waals surface area contributed by atoms with Gasteiger partial charge in [-0.3, -0.25) is 4.79 Å². The van der Waals surface area contributed by atoms with Gasteiger partial charge in [0.1, 0.15) is 5.75 Å². The third-order valence-electron chi connectivity index (χ3n) is 2.93. The summed E-state index contributed by atoms with van der Waals surface area (Å²) < 4.78 is 6.23. The zero-order chi connectivity index (χ0) is 13.8. The van der Waals surface area contributed by atoms with Crippen LogP contribution < -0.4 is 4.74 Å². The Bertz CT molecular complexity index is 605. The molecule has 0 radical (unpaired) electrons. The van der Waals surface area contributed by atoms with Crippen LogP contribution in [0.2, 0.25) is 0 Å². The number of aryl methyl sites for hydroxylation is 1. The molecule has 98 valence electrons. The minimum atomic E-state index is 0.0973. The van der Waals surface area contributed by atoms with Crippen LogP contribution in [0.4, 0.5) is 0 Å². The normalized spacial score (nSPS) is 10.3. The van der Waals surface area contributed by atoms with Gasteiger partial charge in [-0.25, -0.2) is 0 Å². The highest BCUT2D eigenvalue weighted by Crippen LogP contribution is 2.24. The fourth-order valence-electron chi connectivity index (χ4n) is 1.98. The molecule has 2 aromatic carbocycles. The first-order valence-corrected chi connectivity index (χ1v) is 6.81. The minimum Gasteiger partial charge on any atom is -0.496 e. The van der Waals surface area contributed by atoms with Crippen molar-refractivity contribution in [2.75, 3.05) is 7.11 Å². The highest BCUT2D eigenvalue weighted by molar-refractivity contribution is 9.10. The summed E-state index contributed by atoms with van der Waals surface area (Å²) in [5.74, 6) is 0.837. The van der Waals surface area contributed by atoms with E-state index >= 15 is 0 Å². The number of benzene rings is 2. The highest BCUT2D eigenvalue weighted by atomic mass is 79.9. The van der Waals surface area contributed by atoms with Crippen LogP contribution in [0.5, 0.6) is 5.75 Å². The van der Waals surface area contributed by atoms with Gasteiger partial charge in [0.2, 0.25) is 0 Å². The lowest BCUT2D eigenvalue weighted by Crippen LogP contribution is -2.05. The SMILES string of the molecule is COc1ccc(Br)cc1CC(=O)c1cccc(C)c1. The Labute approximate surface area is 121 Å². The topological polar surface area (TPSA) is 26.3 Å². The van der Waals surface area contributed by atoms with Crippen molar-refractivity contribution in [2.45, 2.75) is 13.3 Å². The number of methoxy groups -OCH3 is 1. The van der Waals surface area contributed by atoms with E-state index in [1.54, 1.807) is 7.11 Å². The van der Waals surface area contributed by atoms with Crippen molar-refractivity contribution in [1.29, 1.82) is 0 Å². The van der Waals surface area contributed by atoms with Crippen molar-refractivity contribution in [3.63, 3.8) is 0 Å². The Morgan fingerprint density at radius 1 is 1.21 bits per heavy atom. The Morgan fingerprint density at radius 3 is 2.68 bits per heavy atom. The maximum atomic E-state index is 12.3. The van der Waals surface area contributed by atoms with Gasteiger partial charge in [-0.05, 0) is 31.2 Å². The van der Waals surface area contributed by atoms with Gasteiger partial charge in [-0.2, -0.15) is 0 Å². The average molecular weight is 319 g/mol. The number of halogens is 1. The first-order valence-electron chi connectivity index (χ1n) is 6.02. The maximum Gasteiger partial charge on any atom is 0.167 e. The van der Waals surface area contributed by atoms with E-state index in [-0.39, 0.29) is 5.78 Å². The van der Waals surface area contributed by atoms with Crippen LogP contribution in [0, 0.1) is 6.92 Å². The molecule has 0 heterocycles. The van der Waals surface area contributed by atoms with E-state index in [2.05, 4.69) is 15.9 Å². The van der Waals surface area contributed by atoms with Gasteiger partial charge >= 0.3 is 0 Å². The van der Waals surface area contributed by atoms with Crippen LogP contribution in [0.1, 0.15) is 21.5 Å². The molecule has 0 N–H and O–H groups in total. The summed E-state index contributed by atoms with van der Waals surface area (Å²) in [5.41, 5.74) is 2.72. The largest absolute Gasteiger partial charge is 0.496 e. The van der Waals surface area contributed by atoms with Crippen molar-refractivity contribution in [1.82, 2.24) is 0 Å². The molecule has 3 heteroatoms. The van der Waals surface area contributed by atoms with Crippen molar-refractivity contribution in [3.05, 3.63) is 63.6 Å². The van der Waals surface area contributed by atoms with Crippen molar-refractivity contribution in [2.24, 2.45) is 0 Å². The Hall–Kier alpha value is -1.61. The lowest BCUT2D eigenvalue weighted by molar-refractivity contribution is 0.0992. The fraction of sp³-hybridized carbons (Fsp3) is 0.188. The molecule has 0 aliphatic carbocycles. The van der Waals surface area contributed by atoms with Gasteiger partial charge in [-0.1, -0.05) is 39.7 Å². The number of carbonyl (C=O) groups excluding carboxylic acids is 1. The molecule has 0 fully saturated rings. The predicted octanol–water partition coefficient (Wildman–Crippen LogP) is 4.19. The van der Waals surface area contributed by atoms with Gasteiger partial charge in [-0.15, -0.1) is 0 Å². The van der Waals surface area contributed by atoms with Gasteiger partial charge in [0.15, 0.2) is 5.78 Å². The Morgan fingerprint density at radius 2 is 2.00 bits per heavy atom. The van der Waals surface area contributed by atoms with E-state index in [9.17, 15) is 4.79 Å².